The summed E-state index contributed by atoms with van der Waals surface area (Å²) in [7, 11) is 0. The lowest BCUT2D eigenvalue weighted by atomic mass is 9.98. The van der Waals surface area contributed by atoms with Crippen molar-refractivity contribution in [1.29, 1.82) is 0 Å². The molecular formula is C26H31ClN4O5. The van der Waals surface area contributed by atoms with Crippen LogP contribution in [0.5, 0.6) is 0 Å². The van der Waals surface area contributed by atoms with Gasteiger partial charge in [-0.3, -0.25) is 14.4 Å². The third-order valence-corrected chi connectivity index (χ3v) is 6.14. The van der Waals surface area contributed by atoms with E-state index in [1.807, 2.05) is 20.8 Å². The number of carbonyl (C=O) groups excluding carboxylic acids is 3. The van der Waals surface area contributed by atoms with Gasteiger partial charge < -0.3 is 24.5 Å². The summed E-state index contributed by atoms with van der Waals surface area (Å²) in [4.78, 5) is 41.0. The Morgan fingerprint density at radius 2 is 1.89 bits per heavy atom. The molecule has 3 rings (SSSR count). The number of anilines is 1. The van der Waals surface area contributed by atoms with E-state index >= 15 is 0 Å². The molecule has 36 heavy (non-hydrogen) atoms. The van der Waals surface area contributed by atoms with Gasteiger partial charge in [0.05, 0.1) is 12.8 Å². The zero-order valence-corrected chi connectivity index (χ0v) is 21.6. The average Bonchev–Trinajstić information content (AvgIpc) is 3.49. The van der Waals surface area contributed by atoms with Gasteiger partial charge in [0.15, 0.2) is 5.82 Å². The molecule has 1 unspecified atom stereocenters. The predicted molar refractivity (Wildman–Crippen MR) is 135 cm³/mol. The largest absolute Gasteiger partial charge is 0.467 e. The molecule has 3 amide bonds. The molecule has 0 saturated carbocycles. The lowest BCUT2D eigenvalue weighted by Crippen LogP contribution is -2.50. The highest BCUT2D eigenvalue weighted by Crippen LogP contribution is 2.31. The van der Waals surface area contributed by atoms with Gasteiger partial charge in [0, 0.05) is 35.0 Å². The topological polar surface area (TPSA) is 118 Å². The van der Waals surface area contributed by atoms with Crippen molar-refractivity contribution >= 4 is 35.1 Å². The first-order chi connectivity index (χ1) is 17.1. The van der Waals surface area contributed by atoms with Crippen LogP contribution in [0.15, 0.2) is 57.7 Å². The number of benzene rings is 1. The third-order valence-electron chi connectivity index (χ3n) is 5.79. The molecule has 0 spiro atoms. The van der Waals surface area contributed by atoms with Crippen LogP contribution in [0.4, 0.5) is 5.82 Å². The van der Waals surface area contributed by atoms with Gasteiger partial charge >= 0.3 is 0 Å². The second-order valence-corrected chi connectivity index (χ2v) is 9.53. The molecule has 3 aromatic rings. The third kappa shape index (κ3) is 7.21. The van der Waals surface area contributed by atoms with Crippen LogP contribution in [0.3, 0.4) is 0 Å². The van der Waals surface area contributed by atoms with Crippen LogP contribution in [0, 0.1) is 6.92 Å². The Hall–Kier alpha value is -3.59. The second-order valence-electron chi connectivity index (χ2n) is 9.12. The van der Waals surface area contributed by atoms with E-state index in [1.165, 1.54) is 11.2 Å². The molecule has 0 radical (unpaired) electrons. The van der Waals surface area contributed by atoms with Crippen LogP contribution in [-0.2, 0) is 20.9 Å². The first-order valence-corrected chi connectivity index (χ1v) is 12.1. The van der Waals surface area contributed by atoms with Gasteiger partial charge in [0.25, 0.3) is 0 Å². The van der Waals surface area contributed by atoms with Crippen molar-refractivity contribution in [3.63, 3.8) is 0 Å². The molecule has 2 aromatic heterocycles. The molecule has 0 fully saturated rings. The Balaban J connectivity index is 1.89. The number of hydrogen-bond donors (Lipinski definition) is 2. The summed E-state index contributed by atoms with van der Waals surface area (Å²) in [5.74, 6) is 0.123. The smallest absolute Gasteiger partial charge is 0.247 e. The Morgan fingerprint density at radius 1 is 1.14 bits per heavy atom. The molecular weight excluding hydrogens is 484 g/mol. The number of halogens is 1. The fraction of sp³-hybridized carbons (Fsp3) is 0.385. The average molecular weight is 515 g/mol. The maximum Gasteiger partial charge on any atom is 0.247 e. The van der Waals surface area contributed by atoms with Crippen LogP contribution < -0.4 is 10.6 Å². The van der Waals surface area contributed by atoms with Gasteiger partial charge in [0.2, 0.25) is 17.7 Å². The summed E-state index contributed by atoms with van der Waals surface area (Å²) in [6.07, 6.45) is 1.92. The number of aryl methyl sites for hydroxylation is 1. The lowest BCUT2D eigenvalue weighted by molar-refractivity contribution is -0.143. The predicted octanol–water partition coefficient (Wildman–Crippen LogP) is 5.02. The number of carbonyl (C=O) groups is 3. The number of nitrogens with zero attached hydrogens (tertiary/aromatic N) is 2. The van der Waals surface area contributed by atoms with Crippen molar-refractivity contribution in [2.75, 3.05) is 5.32 Å². The quantitative estimate of drug-likeness (QED) is 0.371. The molecule has 0 aliphatic heterocycles. The summed E-state index contributed by atoms with van der Waals surface area (Å²) in [6.45, 7) is 7.50. The summed E-state index contributed by atoms with van der Waals surface area (Å²) in [5.41, 5.74) is -0.0306. The maximum absolute atomic E-state index is 13.6. The van der Waals surface area contributed by atoms with E-state index in [2.05, 4.69) is 15.8 Å². The van der Waals surface area contributed by atoms with Crippen LogP contribution in [0.2, 0.25) is 5.02 Å². The Kier molecular flexibility index (Phi) is 8.93. The zero-order chi connectivity index (χ0) is 26.3. The van der Waals surface area contributed by atoms with Crippen molar-refractivity contribution in [2.45, 2.75) is 65.1 Å². The Labute approximate surface area is 215 Å². The highest BCUT2D eigenvalue weighted by atomic mass is 35.5. The minimum absolute atomic E-state index is 0.0196. The fourth-order valence-electron chi connectivity index (χ4n) is 3.53. The molecule has 0 saturated heterocycles. The summed E-state index contributed by atoms with van der Waals surface area (Å²) in [5, 5.41) is 9.71. The SMILES string of the molecule is CCC(C)(C)NC(=O)C(c1ccccc1Cl)N(Cc1ccco1)C(=O)CCC(=O)Nc1cc(C)on1. The van der Waals surface area contributed by atoms with Crippen LogP contribution in [0.1, 0.15) is 63.2 Å². The van der Waals surface area contributed by atoms with E-state index in [9.17, 15) is 14.4 Å². The minimum atomic E-state index is -1.04. The highest BCUT2D eigenvalue weighted by molar-refractivity contribution is 6.31. The van der Waals surface area contributed by atoms with E-state index in [0.717, 1.165) is 0 Å². The monoisotopic (exact) mass is 514 g/mol. The van der Waals surface area contributed by atoms with Gasteiger partial charge in [-0.2, -0.15) is 0 Å². The summed E-state index contributed by atoms with van der Waals surface area (Å²) in [6, 6.07) is 10.9. The number of furan rings is 1. The summed E-state index contributed by atoms with van der Waals surface area (Å²) < 4.78 is 10.4. The number of rotatable bonds is 11. The van der Waals surface area contributed by atoms with Gasteiger partial charge in [-0.15, -0.1) is 0 Å². The highest BCUT2D eigenvalue weighted by Gasteiger charge is 2.35. The summed E-state index contributed by atoms with van der Waals surface area (Å²) >= 11 is 6.50. The Bertz CT molecular complexity index is 1190. The van der Waals surface area contributed by atoms with Crippen LogP contribution >= 0.6 is 11.6 Å². The molecule has 0 aliphatic carbocycles. The van der Waals surface area contributed by atoms with E-state index in [1.54, 1.807) is 49.4 Å². The first kappa shape index (κ1) is 27.0. The van der Waals surface area contributed by atoms with Crippen molar-refractivity contribution in [3.8, 4) is 0 Å². The molecule has 1 atom stereocenters. The van der Waals surface area contributed by atoms with E-state index < -0.39 is 23.4 Å². The fourth-order valence-corrected chi connectivity index (χ4v) is 3.77. The molecule has 2 heterocycles. The molecule has 10 heteroatoms. The molecule has 2 N–H and O–H groups in total. The lowest BCUT2D eigenvalue weighted by Gasteiger charge is -2.34. The van der Waals surface area contributed by atoms with Gasteiger partial charge in [-0.25, -0.2) is 0 Å². The minimum Gasteiger partial charge on any atom is -0.467 e. The van der Waals surface area contributed by atoms with Crippen molar-refractivity contribution in [2.24, 2.45) is 0 Å². The van der Waals surface area contributed by atoms with E-state index in [0.29, 0.717) is 28.5 Å². The molecule has 9 nitrogen and oxygen atoms in total. The van der Waals surface area contributed by atoms with E-state index in [-0.39, 0.29) is 31.1 Å². The Morgan fingerprint density at radius 3 is 2.50 bits per heavy atom. The van der Waals surface area contributed by atoms with Gasteiger partial charge in [-0.05, 0) is 45.4 Å². The van der Waals surface area contributed by atoms with Crippen molar-refractivity contribution < 1.29 is 23.3 Å². The molecule has 0 aliphatic rings. The second kappa shape index (κ2) is 11.9. The first-order valence-electron chi connectivity index (χ1n) is 11.7. The zero-order valence-electron chi connectivity index (χ0n) is 20.8. The standard InChI is InChI=1S/C26H31ClN4O5/c1-5-26(3,4)29-25(34)24(19-10-6-7-11-20(19)27)31(16-18-9-8-14-35-18)23(33)13-12-22(32)28-21-15-17(2)36-30-21/h6-11,14-15,24H,5,12-13,16H2,1-4H3,(H,29,34)(H,28,30,32). The van der Waals surface area contributed by atoms with Crippen molar-refractivity contribution in [1.82, 2.24) is 15.4 Å². The van der Waals surface area contributed by atoms with E-state index in [4.69, 9.17) is 20.5 Å². The van der Waals surface area contributed by atoms with Crippen molar-refractivity contribution in [3.05, 3.63) is 70.8 Å². The molecule has 0 bridgehead atoms. The number of hydrogen-bond acceptors (Lipinski definition) is 6. The molecule has 1 aromatic carbocycles. The normalized spacial score (nSPS) is 12.1. The number of nitrogens with one attached hydrogen (secondary N) is 2. The maximum atomic E-state index is 13.6. The number of amides is 3. The van der Waals surface area contributed by atoms with Crippen LogP contribution in [0.25, 0.3) is 0 Å². The molecule has 192 valence electrons. The van der Waals surface area contributed by atoms with Gasteiger partial charge in [-0.1, -0.05) is 41.9 Å². The van der Waals surface area contributed by atoms with Crippen LogP contribution in [-0.4, -0.2) is 33.3 Å². The van der Waals surface area contributed by atoms with Gasteiger partial charge in [0.1, 0.15) is 17.6 Å². The number of aromatic nitrogens is 1.